The Morgan fingerprint density at radius 2 is 1.72 bits per heavy atom. The van der Waals surface area contributed by atoms with E-state index in [4.69, 9.17) is 16.3 Å². The van der Waals surface area contributed by atoms with E-state index < -0.39 is 11.6 Å². The fourth-order valence-corrected chi connectivity index (χ4v) is 2.39. The molecule has 0 spiro atoms. The van der Waals surface area contributed by atoms with Gasteiger partial charge in [0.1, 0.15) is 24.2 Å². The van der Waals surface area contributed by atoms with Crippen molar-refractivity contribution < 1.29 is 19.7 Å². The molecule has 1 aromatic heterocycles. The lowest BCUT2D eigenvalue weighted by Crippen LogP contribution is -2.40. The van der Waals surface area contributed by atoms with E-state index >= 15 is 0 Å². The van der Waals surface area contributed by atoms with E-state index in [0.717, 1.165) is 0 Å². The third-order valence-corrected chi connectivity index (χ3v) is 3.84. The van der Waals surface area contributed by atoms with Crippen molar-refractivity contribution in [3.8, 4) is 11.5 Å². The summed E-state index contributed by atoms with van der Waals surface area (Å²) in [7, 11) is 0. The molecular weight excluding hydrogens is 346 g/mol. The third kappa shape index (κ3) is 3.78. The van der Waals surface area contributed by atoms with Crippen LogP contribution in [0.15, 0.2) is 61.2 Å². The number of benzene rings is 2. The van der Waals surface area contributed by atoms with Crippen molar-refractivity contribution in [2.75, 3.05) is 0 Å². The van der Waals surface area contributed by atoms with Gasteiger partial charge in [-0.15, -0.1) is 0 Å². The second kappa shape index (κ2) is 6.92. The molecule has 0 aliphatic heterocycles. The second-order valence-electron chi connectivity index (χ2n) is 5.34. The third-order valence-electron chi connectivity index (χ3n) is 3.59. The van der Waals surface area contributed by atoms with Crippen LogP contribution in [-0.4, -0.2) is 30.9 Å². The van der Waals surface area contributed by atoms with Gasteiger partial charge in [0.15, 0.2) is 0 Å². The quantitative estimate of drug-likeness (QED) is 0.702. The molecule has 2 aromatic carbocycles. The van der Waals surface area contributed by atoms with E-state index in [2.05, 4.69) is 10.1 Å². The largest absolute Gasteiger partial charge is 0.479 e. The average Bonchev–Trinajstić information content (AvgIpc) is 3.10. The smallest absolute Gasteiger partial charge is 0.342 e. The van der Waals surface area contributed by atoms with Crippen molar-refractivity contribution in [3.63, 3.8) is 0 Å². The first-order chi connectivity index (χ1) is 12.0. The highest BCUT2D eigenvalue weighted by atomic mass is 35.5. The number of aromatic nitrogens is 3. The van der Waals surface area contributed by atoms with Crippen molar-refractivity contribution in [3.05, 3.63) is 71.8 Å². The molecule has 7 nitrogen and oxygen atoms in total. The minimum atomic E-state index is -2.13. The summed E-state index contributed by atoms with van der Waals surface area (Å²) in [4.78, 5) is 15.3. The van der Waals surface area contributed by atoms with Gasteiger partial charge in [-0.1, -0.05) is 23.7 Å². The number of carbonyl (C=O) groups is 1. The van der Waals surface area contributed by atoms with E-state index in [9.17, 15) is 15.0 Å². The van der Waals surface area contributed by atoms with Crippen LogP contribution in [0.1, 0.15) is 5.56 Å². The molecule has 0 amide bonds. The molecule has 0 aliphatic rings. The van der Waals surface area contributed by atoms with Gasteiger partial charge in [0.25, 0.3) is 0 Å². The maximum atomic E-state index is 11.6. The Kier molecular flexibility index (Phi) is 4.69. The number of hydrogen-bond acceptors (Lipinski definition) is 5. The van der Waals surface area contributed by atoms with Crippen LogP contribution in [-0.2, 0) is 16.9 Å². The van der Waals surface area contributed by atoms with Crippen LogP contribution in [0.25, 0.3) is 0 Å². The monoisotopic (exact) mass is 359 g/mol. The van der Waals surface area contributed by atoms with Gasteiger partial charge in [0.2, 0.25) is 5.60 Å². The molecule has 0 bridgehead atoms. The van der Waals surface area contributed by atoms with E-state index in [0.29, 0.717) is 16.5 Å². The zero-order valence-corrected chi connectivity index (χ0v) is 13.7. The Bertz CT molecular complexity index is 851. The van der Waals surface area contributed by atoms with Gasteiger partial charge in [-0.25, -0.2) is 14.5 Å². The molecule has 1 atom stereocenters. The normalized spacial score (nSPS) is 13.2. The molecule has 0 saturated carbocycles. The lowest BCUT2D eigenvalue weighted by molar-refractivity contribution is -0.161. The Morgan fingerprint density at radius 1 is 1.12 bits per heavy atom. The molecule has 2 N–H and O–H groups in total. The number of aliphatic carboxylic acids is 1. The number of halogens is 1. The molecule has 25 heavy (non-hydrogen) atoms. The van der Waals surface area contributed by atoms with E-state index in [1.165, 1.54) is 29.5 Å². The predicted octanol–water partition coefficient (Wildman–Crippen LogP) is 2.70. The van der Waals surface area contributed by atoms with Gasteiger partial charge < -0.3 is 14.9 Å². The summed E-state index contributed by atoms with van der Waals surface area (Å²) in [5.74, 6) is -0.290. The van der Waals surface area contributed by atoms with Crippen molar-refractivity contribution in [1.82, 2.24) is 14.8 Å². The minimum Gasteiger partial charge on any atom is -0.479 e. The van der Waals surface area contributed by atoms with Crippen LogP contribution in [0.3, 0.4) is 0 Å². The van der Waals surface area contributed by atoms with Crippen LogP contribution in [0, 0.1) is 0 Å². The summed E-state index contributed by atoms with van der Waals surface area (Å²) in [6.07, 6.45) is 2.61. The Labute approximate surface area is 148 Å². The van der Waals surface area contributed by atoms with Gasteiger partial charge in [0.05, 0.1) is 6.54 Å². The Morgan fingerprint density at radius 3 is 2.24 bits per heavy atom. The maximum absolute atomic E-state index is 11.6. The van der Waals surface area contributed by atoms with Crippen LogP contribution in [0.2, 0.25) is 5.02 Å². The molecule has 0 saturated heterocycles. The van der Waals surface area contributed by atoms with E-state index in [1.54, 1.807) is 36.4 Å². The van der Waals surface area contributed by atoms with Gasteiger partial charge >= 0.3 is 5.97 Å². The number of carboxylic acids is 1. The summed E-state index contributed by atoms with van der Waals surface area (Å²) in [5.41, 5.74) is -1.93. The van der Waals surface area contributed by atoms with Crippen LogP contribution in [0.5, 0.6) is 11.5 Å². The van der Waals surface area contributed by atoms with Gasteiger partial charge in [-0.2, -0.15) is 5.10 Å². The predicted molar refractivity (Wildman–Crippen MR) is 89.5 cm³/mol. The molecule has 8 heteroatoms. The number of nitrogens with zero attached hydrogens (tertiary/aromatic N) is 3. The lowest BCUT2D eigenvalue weighted by atomic mass is 9.94. The van der Waals surface area contributed by atoms with Crippen LogP contribution >= 0.6 is 11.6 Å². The highest BCUT2D eigenvalue weighted by Gasteiger charge is 2.39. The Hall–Kier alpha value is -2.90. The number of aliphatic hydroxyl groups is 1. The molecule has 0 radical (unpaired) electrons. The first-order valence-corrected chi connectivity index (χ1v) is 7.67. The van der Waals surface area contributed by atoms with Crippen molar-refractivity contribution in [2.24, 2.45) is 0 Å². The second-order valence-corrected chi connectivity index (χ2v) is 5.78. The summed E-state index contributed by atoms with van der Waals surface area (Å²) < 4.78 is 6.91. The lowest BCUT2D eigenvalue weighted by Gasteiger charge is -2.23. The summed E-state index contributed by atoms with van der Waals surface area (Å²) in [6, 6.07) is 13.0. The fourth-order valence-electron chi connectivity index (χ4n) is 2.27. The molecule has 128 valence electrons. The highest BCUT2D eigenvalue weighted by Crippen LogP contribution is 2.28. The molecule has 3 rings (SSSR count). The number of hydrogen-bond donors (Lipinski definition) is 2. The molecule has 1 unspecified atom stereocenters. The first kappa shape index (κ1) is 16.9. The standard InChI is InChI=1S/C17H14ClN3O4/c18-13-3-7-15(8-4-13)25-14-5-1-12(2-6-14)17(24,16(22)23)9-21-11-19-10-20-21/h1-8,10-11,24H,9H2,(H,22,23). The van der Waals surface area contributed by atoms with Crippen LogP contribution < -0.4 is 4.74 Å². The fraction of sp³-hybridized carbons (Fsp3) is 0.118. The average molecular weight is 360 g/mol. The molecule has 1 heterocycles. The van der Waals surface area contributed by atoms with Gasteiger partial charge in [-0.3, -0.25) is 0 Å². The number of carboxylic acid groups (broad SMARTS) is 1. The SMILES string of the molecule is O=C(O)C(O)(Cn1cncn1)c1ccc(Oc2ccc(Cl)cc2)cc1. The molecule has 0 fully saturated rings. The minimum absolute atomic E-state index is 0.207. The number of ether oxygens (including phenoxy) is 1. The molecular formula is C17H14ClN3O4. The van der Waals surface area contributed by atoms with Crippen LogP contribution in [0.4, 0.5) is 0 Å². The molecule has 3 aromatic rings. The van der Waals surface area contributed by atoms with Crippen molar-refractivity contribution in [2.45, 2.75) is 12.1 Å². The van der Waals surface area contributed by atoms with E-state index in [1.807, 2.05) is 0 Å². The van der Waals surface area contributed by atoms with Crippen molar-refractivity contribution >= 4 is 17.6 Å². The Balaban J connectivity index is 1.81. The first-order valence-electron chi connectivity index (χ1n) is 7.29. The zero-order valence-electron chi connectivity index (χ0n) is 12.9. The highest BCUT2D eigenvalue weighted by molar-refractivity contribution is 6.30. The van der Waals surface area contributed by atoms with Gasteiger partial charge in [0, 0.05) is 5.02 Å². The summed E-state index contributed by atoms with van der Waals surface area (Å²) in [5, 5.41) is 24.5. The van der Waals surface area contributed by atoms with Gasteiger partial charge in [-0.05, 0) is 42.0 Å². The maximum Gasteiger partial charge on any atom is 0.342 e. The summed E-state index contributed by atoms with van der Waals surface area (Å²) >= 11 is 5.82. The summed E-state index contributed by atoms with van der Waals surface area (Å²) in [6.45, 7) is -0.264. The molecule has 0 aliphatic carbocycles. The number of rotatable bonds is 6. The van der Waals surface area contributed by atoms with E-state index in [-0.39, 0.29) is 12.1 Å². The topological polar surface area (TPSA) is 97.5 Å². The van der Waals surface area contributed by atoms with Crippen molar-refractivity contribution in [1.29, 1.82) is 0 Å². The zero-order chi connectivity index (χ0) is 17.9.